The van der Waals surface area contributed by atoms with E-state index in [0.717, 1.165) is 50.0 Å². The van der Waals surface area contributed by atoms with Crippen molar-refractivity contribution in [1.29, 1.82) is 5.26 Å². The molecule has 0 aliphatic carbocycles. The quantitative estimate of drug-likeness (QED) is 0.885. The maximum absolute atomic E-state index is 9.32. The third-order valence-corrected chi connectivity index (χ3v) is 3.93. The summed E-state index contributed by atoms with van der Waals surface area (Å²) in [6.07, 6.45) is 0. The van der Waals surface area contributed by atoms with Crippen molar-refractivity contribution in [2.45, 2.75) is 20.8 Å². The average Bonchev–Trinajstić information content (AvgIpc) is 2.53. The molecule has 3 rings (SSSR count). The van der Waals surface area contributed by atoms with Gasteiger partial charge in [0.15, 0.2) is 11.6 Å². The number of fused-ring (bicyclic) bond motifs is 1. The van der Waals surface area contributed by atoms with Crippen LogP contribution in [-0.4, -0.2) is 55.9 Å². The minimum atomic E-state index is 0.158. The first-order valence-electron chi connectivity index (χ1n) is 8.11. The molecule has 0 unspecified atom stereocenters. The molecule has 0 amide bonds. The van der Waals surface area contributed by atoms with Gasteiger partial charge < -0.3 is 19.9 Å². The van der Waals surface area contributed by atoms with Gasteiger partial charge >= 0.3 is 0 Å². The summed E-state index contributed by atoms with van der Waals surface area (Å²) in [6.45, 7) is 12.2. The predicted octanol–water partition coefficient (Wildman–Crippen LogP) is 1.46. The predicted molar refractivity (Wildman–Crippen MR) is 89.9 cm³/mol. The van der Waals surface area contributed by atoms with E-state index >= 15 is 0 Å². The maximum atomic E-state index is 9.32. The molecule has 0 atom stereocenters. The fraction of sp³-hybridized carbons (Fsp3) is 0.688. The number of nitrogens with zero attached hydrogens (tertiary/aromatic N) is 5. The molecule has 0 spiro atoms. The molecular weight excluding hydrogens is 292 g/mol. The Labute approximate surface area is 137 Å². The minimum Gasteiger partial charge on any atom is -0.378 e. The molecule has 3 heterocycles. The van der Waals surface area contributed by atoms with Gasteiger partial charge in [-0.2, -0.15) is 15.2 Å². The zero-order chi connectivity index (χ0) is 16.4. The summed E-state index contributed by atoms with van der Waals surface area (Å²) in [4.78, 5) is 13.4. The number of anilines is 3. The van der Waals surface area contributed by atoms with Gasteiger partial charge in [0.25, 0.3) is 0 Å². The smallest absolute Gasteiger partial charge is 0.236 e. The zero-order valence-corrected chi connectivity index (χ0v) is 14.1. The number of nitrogens with one attached hydrogen (secondary N) is 1. The molecular formula is C16H24N6O. The molecule has 1 aromatic rings. The normalized spacial score (nSPS) is 18.2. The van der Waals surface area contributed by atoms with E-state index in [1.165, 1.54) is 0 Å². The van der Waals surface area contributed by atoms with Crippen LogP contribution in [0.5, 0.6) is 0 Å². The molecule has 7 heteroatoms. The van der Waals surface area contributed by atoms with Gasteiger partial charge in [-0.15, -0.1) is 0 Å². The molecule has 7 nitrogen and oxygen atoms in total. The Hall–Kier alpha value is -2.07. The molecule has 0 aromatic carbocycles. The third kappa shape index (κ3) is 3.48. The van der Waals surface area contributed by atoms with Gasteiger partial charge in [0, 0.05) is 32.7 Å². The number of ether oxygens (including phenoxy) is 1. The van der Waals surface area contributed by atoms with Crippen LogP contribution in [0, 0.1) is 16.7 Å². The van der Waals surface area contributed by atoms with Gasteiger partial charge in [-0.25, -0.2) is 0 Å². The van der Waals surface area contributed by atoms with Crippen LogP contribution in [0.1, 0.15) is 26.6 Å². The number of nitriles is 1. The first kappa shape index (κ1) is 15.8. The first-order chi connectivity index (χ1) is 11.0. The van der Waals surface area contributed by atoms with Crippen molar-refractivity contribution in [2.24, 2.45) is 5.41 Å². The molecule has 124 valence electrons. The van der Waals surface area contributed by atoms with Gasteiger partial charge in [-0.1, -0.05) is 20.8 Å². The van der Waals surface area contributed by atoms with Crippen LogP contribution in [0.25, 0.3) is 0 Å². The Bertz CT molecular complexity index is 612. The molecule has 0 saturated carbocycles. The topological polar surface area (TPSA) is 77.3 Å². The van der Waals surface area contributed by atoms with E-state index in [0.29, 0.717) is 13.2 Å². The van der Waals surface area contributed by atoms with E-state index in [-0.39, 0.29) is 11.2 Å². The highest BCUT2D eigenvalue weighted by molar-refractivity contribution is 5.80. The van der Waals surface area contributed by atoms with Crippen molar-refractivity contribution >= 4 is 17.3 Å². The average molecular weight is 316 g/mol. The van der Waals surface area contributed by atoms with E-state index in [9.17, 15) is 5.26 Å². The second kappa shape index (κ2) is 6.20. The number of hydrogen-bond acceptors (Lipinski definition) is 7. The summed E-state index contributed by atoms with van der Waals surface area (Å²) in [5.41, 5.74) is 1.10. The second-order valence-corrected chi connectivity index (χ2v) is 7.19. The molecule has 1 fully saturated rings. The third-order valence-electron chi connectivity index (χ3n) is 3.93. The molecule has 1 aromatic heterocycles. The number of morpholine rings is 1. The highest BCUT2D eigenvalue weighted by atomic mass is 16.5. The summed E-state index contributed by atoms with van der Waals surface area (Å²) in [5, 5.41) is 12.8. The van der Waals surface area contributed by atoms with Gasteiger partial charge in [0.05, 0.1) is 13.2 Å². The fourth-order valence-electron chi connectivity index (χ4n) is 3.03. The van der Waals surface area contributed by atoms with Crippen molar-refractivity contribution < 1.29 is 4.74 Å². The Kier molecular flexibility index (Phi) is 4.26. The van der Waals surface area contributed by atoms with Crippen LogP contribution in [0.2, 0.25) is 0 Å². The van der Waals surface area contributed by atoms with Gasteiger partial charge in [0.2, 0.25) is 5.82 Å². The Morgan fingerprint density at radius 1 is 1.17 bits per heavy atom. The summed E-state index contributed by atoms with van der Waals surface area (Å²) in [5.74, 6) is 1.90. The largest absolute Gasteiger partial charge is 0.378 e. The molecule has 1 N–H and O–H groups in total. The highest BCUT2D eigenvalue weighted by Crippen LogP contribution is 2.36. The van der Waals surface area contributed by atoms with Crippen molar-refractivity contribution in [3.05, 3.63) is 5.82 Å². The lowest BCUT2D eigenvalue weighted by Gasteiger charge is -2.38. The molecule has 23 heavy (non-hydrogen) atoms. The summed E-state index contributed by atoms with van der Waals surface area (Å²) in [7, 11) is 0. The van der Waals surface area contributed by atoms with Gasteiger partial charge in [-0.3, -0.25) is 0 Å². The van der Waals surface area contributed by atoms with Crippen LogP contribution in [-0.2, 0) is 4.74 Å². The van der Waals surface area contributed by atoms with E-state index in [2.05, 4.69) is 51.9 Å². The number of aromatic nitrogens is 2. The maximum Gasteiger partial charge on any atom is 0.236 e. The molecule has 2 aliphatic rings. The van der Waals surface area contributed by atoms with Crippen molar-refractivity contribution in [2.75, 3.05) is 61.1 Å². The lowest BCUT2D eigenvalue weighted by molar-refractivity contribution is 0.122. The van der Waals surface area contributed by atoms with E-state index in [1.807, 2.05) is 0 Å². The van der Waals surface area contributed by atoms with Crippen LogP contribution in [0.15, 0.2) is 0 Å². The Morgan fingerprint density at radius 2 is 1.87 bits per heavy atom. The Balaban J connectivity index is 2.01. The molecule has 2 aliphatic heterocycles. The van der Waals surface area contributed by atoms with Crippen LogP contribution < -0.4 is 15.1 Å². The monoisotopic (exact) mass is 316 g/mol. The highest BCUT2D eigenvalue weighted by Gasteiger charge is 2.29. The Morgan fingerprint density at radius 3 is 2.52 bits per heavy atom. The van der Waals surface area contributed by atoms with Crippen molar-refractivity contribution in [3.63, 3.8) is 0 Å². The molecule has 0 bridgehead atoms. The molecule has 0 radical (unpaired) electrons. The van der Waals surface area contributed by atoms with E-state index in [1.54, 1.807) is 0 Å². The SMILES string of the molecule is CC(C)(C)CN1CCNc2c(N3CCOCC3)nc(C#N)nc21. The first-order valence-corrected chi connectivity index (χ1v) is 8.11. The van der Waals surface area contributed by atoms with Crippen LogP contribution in [0.3, 0.4) is 0 Å². The number of rotatable bonds is 2. The summed E-state index contributed by atoms with van der Waals surface area (Å²) < 4.78 is 5.43. The summed E-state index contributed by atoms with van der Waals surface area (Å²) in [6, 6.07) is 2.11. The van der Waals surface area contributed by atoms with Crippen molar-refractivity contribution in [3.8, 4) is 6.07 Å². The lowest BCUT2D eigenvalue weighted by atomic mass is 9.95. The minimum absolute atomic E-state index is 0.158. The standard InChI is InChI=1S/C16H24N6O/c1-16(2,3)11-22-5-4-18-13-14(21-6-8-23-9-7-21)19-12(10-17)20-15(13)22/h18H,4-9,11H2,1-3H3. The molecule has 1 saturated heterocycles. The van der Waals surface area contributed by atoms with E-state index in [4.69, 9.17) is 4.74 Å². The van der Waals surface area contributed by atoms with Crippen LogP contribution >= 0.6 is 0 Å². The van der Waals surface area contributed by atoms with Crippen LogP contribution in [0.4, 0.5) is 17.3 Å². The number of hydrogen-bond donors (Lipinski definition) is 1. The van der Waals surface area contributed by atoms with Gasteiger partial charge in [-0.05, 0) is 5.41 Å². The van der Waals surface area contributed by atoms with E-state index < -0.39 is 0 Å². The lowest BCUT2D eigenvalue weighted by Crippen LogP contribution is -2.42. The zero-order valence-electron chi connectivity index (χ0n) is 14.1. The second-order valence-electron chi connectivity index (χ2n) is 7.19. The fourth-order valence-corrected chi connectivity index (χ4v) is 3.03. The van der Waals surface area contributed by atoms with Crippen molar-refractivity contribution in [1.82, 2.24) is 9.97 Å². The van der Waals surface area contributed by atoms with Gasteiger partial charge in [0.1, 0.15) is 11.8 Å². The summed E-state index contributed by atoms with van der Waals surface area (Å²) >= 11 is 0.